The van der Waals surface area contributed by atoms with Crippen LogP contribution in [0, 0.1) is 0 Å². The average Bonchev–Trinajstić information content (AvgIpc) is 3.02. The number of amides is 1. The molecule has 126 valence electrons. The second kappa shape index (κ2) is 7.05. The van der Waals surface area contributed by atoms with Gasteiger partial charge in [0.15, 0.2) is 0 Å². The topological polar surface area (TPSA) is 38.8 Å². The zero-order valence-electron chi connectivity index (χ0n) is 14.3. The van der Waals surface area contributed by atoms with Crippen LogP contribution in [0.2, 0.25) is 0 Å². The van der Waals surface area contributed by atoms with Gasteiger partial charge in [0.05, 0.1) is 19.1 Å². The van der Waals surface area contributed by atoms with E-state index in [9.17, 15) is 4.79 Å². The zero-order valence-corrected chi connectivity index (χ0v) is 14.3. The highest BCUT2D eigenvalue weighted by Crippen LogP contribution is 2.34. The molecule has 1 aliphatic heterocycles. The quantitative estimate of drug-likeness (QED) is 0.859. The molecule has 24 heavy (non-hydrogen) atoms. The van der Waals surface area contributed by atoms with Crippen LogP contribution in [0.15, 0.2) is 54.6 Å². The number of carbonyl (C=O) groups is 1. The predicted molar refractivity (Wildman–Crippen MR) is 92.9 cm³/mol. The summed E-state index contributed by atoms with van der Waals surface area (Å²) in [5, 5.41) is 0. The van der Waals surface area contributed by atoms with Gasteiger partial charge in [0.25, 0.3) is 0 Å². The van der Waals surface area contributed by atoms with Crippen LogP contribution >= 0.6 is 0 Å². The van der Waals surface area contributed by atoms with Crippen molar-refractivity contribution in [3.8, 4) is 5.75 Å². The van der Waals surface area contributed by atoms with Crippen molar-refractivity contribution in [2.75, 3.05) is 13.8 Å². The van der Waals surface area contributed by atoms with Crippen LogP contribution in [0.1, 0.15) is 37.0 Å². The van der Waals surface area contributed by atoms with Crippen molar-refractivity contribution in [3.63, 3.8) is 0 Å². The number of hydrogen-bond acceptors (Lipinski definition) is 3. The fraction of sp³-hybridized carbons (Fsp3) is 0.350. The third-order valence-electron chi connectivity index (χ3n) is 4.71. The molecule has 0 N–H and O–H groups in total. The van der Waals surface area contributed by atoms with Crippen molar-refractivity contribution in [1.29, 1.82) is 0 Å². The molecule has 2 aromatic carbocycles. The summed E-state index contributed by atoms with van der Waals surface area (Å²) >= 11 is 0. The monoisotopic (exact) mass is 325 g/mol. The van der Waals surface area contributed by atoms with Gasteiger partial charge in [-0.3, -0.25) is 4.79 Å². The minimum atomic E-state index is -0.276. The van der Waals surface area contributed by atoms with E-state index < -0.39 is 0 Å². The second-order valence-corrected chi connectivity index (χ2v) is 6.14. The van der Waals surface area contributed by atoms with E-state index in [4.69, 9.17) is 9.47 Å². The van der Waals surface area contributed by atoms with E-state index in [1.54, 1.807) is 7.11 Å². The van der Waals surface area contributed by atoms with Crippen molar-refractivity contribution in [1.82, 2.24) is 4.90 Å². The van der Waals surface area contributed by atoms with E-state index in [0.717, 1.165) is 16.9 Å². The van der Waals surface area contributed by atoms with Crippen LogP contribution in [-0.4, -0.2) is 30.7 Å². The molecular weight excluding hydrogens is 302 g/mol. The van der Waals surface area contributed by atoms with Gasteiger partial charge in [0, 0.05) is 5.56 Å². The molecular formula is C20H23NO3. The Labute approximate surface area is 143 Å². The first-order valence-corrected chi connectivity index (χ1v) is 8.23. The standard InChI is InChI=1S/C20H23NO3/c1-14(17-11-7-8-12-18(17)23-3)20(22)21-13-24-19(15(21)2)16-9-5-4-6-10-16/h4-12,14-15,19H,13H2,1-3H3/t14-,15-,19+/m0/s1. The first kappa shape index (κ1) is 16.5. The molecule has 0 radical (unpaired) electrons. The van der Waals surface area contributed by atoms with Crippen molar-refractivity contribution in [3.05, 3.63) is 65.7 Å². The Hall–Kier alpha value is -2.33. The first-order valence-electron chi connectivity index (χ1n) is 8.23. The lowest BCUT2D eigenvalue weighted by molar-refractivity contribution is -0.134. The molecule has 0 spiro atoms. The first-order chi connectivity index (χ1) is 11.6. The molecule has 1 heterocycles. The Kier molecular flexibility index (Phi) is 4.86. The molecule has 4 nitrogen and oxygen atoms in total. The average molecular weight is 325 g/mol. The molecule has 3 atom stereocenters. The number of methoxy groups -OCH3 is 1. The van der Waals surface area contributed by atoms with E-state index in [1.165, 1.54) is 0 Å². The van der Waals surface area contributed by atoms with E-state index in [2.05, 4.69) is 0 Å². The third-order valence-corrected chi connectivity index (χ3v) is 4.71. The van der Waals surface area contributed by atoms with Gasteiger partial charge in [0.2, 0.25) is 5.91 Å². The summed E-state index contributed by atoms with van der Waals surface area (Å²) in [6, 6.07) is 17.7. The largest absolute Gasteiger partial charge is 0.496 e. The molecule has 0 aliphatic carbocycles. The van der Waals surface area contributed by atoms with Crippen molar-refractivity contribution < 1.29 is 14.3 Å². The van der Waals surface area contributed by atoms with Crippen LogP contribution < -0.4 is 4.74 Å². The number of para-hydroxylation sites is 1. The van der Waals surface area contributed by atoms with E-state index in [0.29, 0.717) is 6.73 Å². The predicted octanol–water partition coefficient (Wildman–Crippen LogP) is 3.74. The van der Waals surface area contributed by atoms with Crippen LogP contribution in [0.4, 0.5) is 0 Å². The number of benzene rings is 2. The van der Waals surface area contributed by atoms with Crippen LogP contribution in [0.3, 0.4) is 0 Å². The lowest BCUT2D eigenvalue weighted by atomic mass is 9.97. The number of ether oxygens (including phenoxy) is 2. The molecule has 0 aromatic heterocycles. The van der Waals surface area contributed by atoms with Gasteiger partial charge < -0.3 is 14.4 Å². The van der Waals surface area contributed by atoms with Gasteiger partial charge in [-0.15, -0.1) is 0 Å². The van der Waals surface area contributed by atoms with Gasteiger partial charge in [-0.25, -0.2) is 0 Å². The summed E-state index contributed by atoms with van der Waals surface area (Å²) in [4.78, 5) is 14.8. The van der Waals surface area contributed by atoms with Gasteiger partial charge in [-0.2, -0.15) is 0 Å². The highest BCUT2D eigenvalue weighted by Gasteiger charge is 2.38. The van der Waals surface area contributed by atoms with Crippen molar-refractivity contribution in [2.45, 2.75) is 31.9 Å². The third kappa shape index (κ3) is 3.02. The Morgan fingerprint density at radius 2 is 1.83 bits per heavy atom. The molecule has 4 heteroatoms. The van der Waals surface area contributed by atoms with Crippen LogP contribution in [0.5, 0.6) is 5.75 Å². The fourth-order valence-electron chi connectivity index (χ4n) is 3.27. The molecule has 0 unspecified atom stereocenters. The fourth-order valence-corrected chi connectivity index (χ4v) is 3.27. The SMILES string of the molecule is COc1ccccc1[C@H](C)C(=O)N1CO[C@@H](c2ccccc2)[C@@H]1C. The van der Waals surface area contributed by atoms with E-state index in [1.807, 2.05) is 73.3 Å². The molecule has 2 aromatic rings. The molecule has 1 saturated heterocycles. The number of nitrogens with zero attached hydrogens (tertiary/aromatic N) is 1. The molecule has 0 saturated carbocycles. The zero-order chi connectivity index (χ0) is 17.1. The maximum atomic E-state index is 13.0. The normalized spacial score (nSPS) is 21.5. The summed E-state index contributed by atoms with van der Waals surface area (Å²) in [7, 11) is 1.63. The molecule has 3 rings (SSSR count). The number of carbonyl (C=O) groups excluding carboxylic acids is 1. The number of rotatable bonds is 4. The Morgan fingerprint density at radius 3 is 2.54 bits per heavy atom. The van der Waals surface area contributed by atoms with Gasteiger partial charge in [-0.1, -0.05) is 48.5 Å². The summed E-state index contributed by atoms with van der Waals surface area (Å²) in [5.41, 5.74) is 2.01. The summed E-state index contributed by atoms with van der Waals surface area (Å²) in [6.45, 7) is 4.28. The summed E-state index contributed by atoms with van der Waals surface area (Å²) in [6.07, 6.45) is -0.0833. The summed E-state index contributed by atoms with van der Waals surface area (Å²) in [5.74, 6) is 0.526. The summed E-state index contributed by atoms with van der Waals surface area (Å²) < 4.78 is 11.3. The van der Waals surface area contributed by atoms with Crippen LogP contribution in [0.25, 0.3) is 0 Å². The highest BCUT2D eigenvalue weighted by atomic mass is 16.5. The van der Waals surface area contributed by atoms with Crippen LogP contribution in [-0.2, 0) is 9.53 Å². The lowest BCUT2D eigenvalue weighted by Crippen LogP contribution is -2.38. The minimum Gasteiger partial charge on any atom is -0.496 e. The highest BCUT2D eigenvalue weighted by molar-refractivity contribution is 5.84. The van der Waals surface area contributed by atoms with E-state index in [-0.39, 0.29) is 24.0 Å². The maximum Gasteiger partial charge on any atom is 0.232 e. The van der Waals surface area contributed by atoms with Gasteiger partial charge >= 0.3 is 0 Å². The van der Waals surface area contributed by atoms with Crippen molar-refractivity contribution in [2.24, 2.45) is 0 Å². The van der Waals surface area contributed by atoms with E-state index >= 15 is 0 Å². The van der Waals surface area contributed by atoms with Gasteiger partial charge in [0.1, 0.15) is 18.6 Å². The lowest BCUT2D eigenvalue weighted by Gasteiger charge is -2.26. The maximum absolute atomic E-state index is 13.0. The van der Waals surface area contributed by atoms with Crippen molar-refractivity contribution >= 4 is 5.91 Å². The Bertz CT molecular complexity index is 701. The Morgan fingerprint density at radius 1 is 1.17 bits per heavy atom. The smallest absolute Gasteiger partial charge is 0.232 e. The molecule has 1 amide bonds. The van der Waals surface area contributed by atoms with Gasteiger partial charge in [-0.05, 0) is 25.5 Å². The molecule has 1 aliphatic rings. The molecule has 0 bridgehead atoms. The molecule has 1 fully saturated rings. The second-order valence-electron chi connectivity index (χ2n) is 6.14. The number of hydrogen-bond donors (Lipinski definition) is 0. The Balaban J connectivity index is 1.78. The minimum absolute atomic E-state index is 0.00272.